The van der Waals surface area contributed by atoms with E-state index in [2.05, 4.69) is 10.5 Å². The van der Waals surface area contributed by atoms with Gasteiger partial charge in [-0.2, -0.15) is 5.10 Å². The Bertz CT molecular complexity index is 720. The first-order valence-corrected chi connectivity index (χ1v) is 8.21. The van der Waals surface area contributed by atoms with Crippen LogP contribution >= 0.6 is 0 Å². The number of nitrogens with zero attached hydrogens (tertiary/aromatic N) is 1. The highest BCUT2D eigenvalue weighted by molar-refractivity contribution is 7.90. The molecule has 0 radical (unpaired) electrons. The molecule has 0 saturated heterocycles. The minimum Gasteiger partial charge on any atom is -0.496 e. The van der Waals surface area contributed by atoms with Crippen molar-refractivity contribution in [2.75, 3.05) is 13.4 Å². The van der Waals surface area contributed by atoms with Crippen LogP contribution < -0.4 is 10.2 Å². The van der Waals surface area contributed by atoms with Crippen molar-refractivity contribution in [2.24, 2.45) is 5.10 Å². The lowest BCUT2D eigenvalue weighted by atomic mass is 10.1. The van der Waals surface area contributed by atoms with Gasteiger partial charge in [0.15, 0.2) is 9.84 Å². The van der Waals surface area contributed by atoms with Crippen molar-refractivity contribution in [3.8, 4) is 5.75 Å². The van der Waals surface area contributed by atoms with E-state index in [1.807, 2.05) is 0 Å². The molecule has 0 aliphatic carbocycles. The zero-order valence-electron chi connectivity index (χ0n) is 11.8. The van der Waals surface area contributed by atoms with Gasteiger partial charge < -0.3 is 4.74 Å². The predicted octanol–water partition coefficient (Wildman–Crippen LogP) is 1.38. The predicted molar refractivity (Wildman–Crippen MR) is 79.9 cm³/mol. The summed E-state index contributed by atoms with van der Waals surface area (Å²) in [5.41, 5.74) is 3.54. The summed E-state index contributed by atoms with van der Waals surface area (Å²) < 4.78 is 28.9. The van der Waals surface area contributed by atoms with E-state index in [4.69, 9.17) is 4.74 Å². The maximum Gasteiger partial charge on any atom is 0.240 e. The van der Waals surface area contributed by atoms with Crippen molar-refractivity contribution in [2.45, 2.75) is 17.7 Å². The molecule has 6 nitrogen and oxygen atoms in total. The lowest BCUT2D eigenvalue weighted by molar-refractivity contribution is -0.121. The van der Waals surface area contributed by atoms with Crippen molar-refractivity contribution >= 4 is 27.5 Å². The number of sulfone groups is 1. The van der Waals surface area contributed by atoms with Crippen LogP contribution in [-0.2, 0) is 14.6 Å². The van der Waals surface area contributed by atoms with Crippen LogP contribution in [0, 0.1) is 0 Å². The molecule has 0 atom stereocenters. The number of methoxy groups -OCH3 is 1. The Kier molecular flexibility index (Phi) is 4.42. The summed E-state index contributed by atoms with van der Waals surface area (Å²) in [4.78, 5) is 11.2. The lowest BCUT2D eigenvalue weighted by Gasteiger charge is -2.11. The van der Waals surface area contributed by atoms with Crippen molar-refractivity contribution in [1.82, 2.24) is 5.43 Å². The van der Waals surface area contributed by atoms with Crippen molar-refractivity contribution < 1.29 is 17.9 Å². The molecular formula is C14H16N2O4S. The number of ether oxygens (including phenoxy) is 1. The second kappa shape index (κ2) is 6.09. The van der Waals surface area contributed by atoms with E-state index in [1.165, 1.54) is 13.2 Å². The standard InChI is InChI=1S/C14H16N2O4S/c1-20-12-4-3-5-13(21(2,18)19)11(12)8-6-10-7-9-14(17)16-15-10/h3-6,8H,7,9H2,1-2H3,(H,16,17). The SMILES string of the molecule is COc1cccc(S(C)(=O)=O)c1C=CC1=NNC(=O)CC1. The molecule has 21 heavy (non-hydrogen) atoms. The van der Waals surface area contributed by atoms with Crippen LogP contribution in [0.4, 0.5) is 0 Å². The first kappa shape index (κ1) is 15.2. The number of rotatable bonds is 4. The number of allylic oxidation sites excluding steroid dienone is 1. The molecule has 112 valence electrons. The molecule has 0 aromatic heterocycles. The van der Waals surface area contributed by atoms with E-state index in [0.717, 1.165) is 6.26 Å². The van der Waals surface area contributed by atoms with E-state index in [1.54, 1.807) is 24.3 Å². The van der Waals surface area contributed by atoms with Gasteiger partial charge >= 0.3 is 0 Å². The topological polar surface area (TPSA) is 84.8 Å². The van der Waals surface area contributed by atoms with Crippen LogP contribution in [0.15, 0.2) is 34.3 Å². The molecule has 0 saturated carbocycles. The molecule has 2 rings (SSSR count). The molecule has 7 heteroatoms. The minimum atomic E-state index is -3.37. The van der Waals surface area contributed by atoms with E-state index < -0.39 is 9.84 Å². The fraction of sp³-hybridized carbons (Fsp3) is 0.286. The maximum atomic E-state index is 11.8. The second-order valence-electron chi connectivity index (χ2n) is 4.62. The van der Waals surface area contributed by atoms with Gasteiger partial charge in [0.1, 0.15) is 5.75 Å². The fourth-order valence-corrected chi connectivity index (χ4v) is 2.87. The van der Waals surface area contributed by atoms with Crippen LogP contribution in [0.25, 0.3) is 6.08 Å². The van der Waals surface area contributed by atoms with Gasteiger partial charge in [0, 0.05) is 24.7 Å². The van der Waals surface area contributed by atoms with Crippen molar-refractivity contribution in [3.63, 3.8) is 0 Å². The van der Waals surface area contributed by atoms with Crippen LogP contribution in [0.5, 0.6) is 5.75 Å². The van der Waals surface area contributed by atoms with E-state index in [0.29, 0.717) is 29.9 Å². The average Bonchev–Trinajstić information content (AvgIpc) is 2.45. The first-order valence-electron chi connectivity index (χ1n) is 6.32. The Morgan fingerprint density at radius 3 is 2.62 bits per heavy atom. The zero-order chi connectivity index (χ0) is 15.5. The third kappa shape index (κ3) is 3.69. The Morgan fingerprint density at radius 1 is 1.29 bits per heavy atom. The summed E-state index contributed by atoms with van der Waals surface area (Å²) >= 11 is 0. The second-order valence-corrected chi connectivity index (χ2v) is 6.60. The van der Waals surface area contributed by atoms with Crippen LogP contribution in [0.3, 0.4) is 0 Å². The van der Waals surface area contributed by atoms with Crippen molar-refractivity contribution in [3.05, 3.63) is 29.8 Å². The zero-order valence-corrected chi connectivity index (χ0v) is 12.6. The van der Waals surface area contributed by atoms with Gasteiger partial charge in [0.2, 0.25) is 5.91 Å². The van der Waals surface area contributed by atoms with Gasteiger partial charge in [-0.25, -0.2) is 13.8 Å². The van der Waals surface area contributed by atoms with Crippen molar-refractivity contribution in [1.29, 1.82) is 0 Å². The average molecular weight is 308 g/mol. The summed E-state index contributed by atoms with van der Waals surface area (Å²) in [6, 6.07) is 4.85. The summed E-state index contributed by atoms with van der Waals surface area (Å²) in [5.74, 6) is 0.343. The fourth-order valence-electron chi connectivity index (χ4n) is 1.98. The molecule has 1 heterocycles. The molecule has 1 amide bonds. The highest BCUT2D eigenvalue weighted by atomic mass is 32.2. The molecule has 0 unspecified atom stereocenters. The van der Waals surface area contributed by atoms with Crippen LogP contribution in [0.2, 0.25) is 0 Å². The number of hydrazone groups is 1. The highest BCUT2D eigenvalue weighted by Crippen LogP contribution is 2.27. The van der Waals surface area contributed by atoms with Gasteiger partial charge in [-0.15, -0.1) is 0 Å². The number of amides is 1. The number of nitrogens with one attached hydrogen (secondary N) is 1. The number of benzene rings is 1. The summed E-state index contributed by atoms with van der Waals surface area (Å²) in [6.07, 6.45) is 5.37. The molecule has 1 aliphatic heterocycles. The quantitative estimate of drug-likeness (QED) is 0.910. The molecule has 1 aliphatic rings. The third-order valence-electron chi connectivity index (χ3n) is 3.02. The molecular weight excluding hydrogens is 292 g/mol. The van der Waals surface area contributed by atoms with E-state index >= 15 is 0 Å². The smallest absolute Gasteiger partial charge is 0.240 e. The highest BCUT2D eigenvalue weighted by Gasteiger charge is 2.16. The molecule has 0 spiro atoms. The summed E-state index contributed by atoms with van der Waals surface area (Å²) in [7, 11) is -1.89. The third-order valence-corrected chi connectivity index (χ3v) is 4.18. The van der Waals surface area contributed by atoms with E-state index in [-0.39, 0.29) is 10.8 Å². The number of carbonyl (C=O) groups is 1. The number of carbonyl (C=O) groups excluding carboxylic acids is 1. The molecule has 1 aromatic rings. The Balaban J connectivity index is 2.41. The Hall–Kier alpha value is -2.15. The van der Waals surface area contributed by atoms with Gasteiger partial charge in [-0.3, -0.25) is 4.79 Å². The van der Waals surface area contributed by atoms with Gasteiger partial charge in [0.25, 0.3) is 0 Å². The van der Waals surface area contributed by atoms with Crippen LogP contribution in [-0.4, -0.2) is 33.4 Å². The maximum absolute atomic E-state index is 11.8. The molecule has 0 fully saturated rings. The number of hydrogen-bond acceptors (Lipinski definition) is 5. The van der Waals surface area contributed by atoms with E-state index in [9.17, 15) is 13.2 Å². The Morgan fingerprint density at radius 2 is 2.05 bits per heavy atom. The first-order chi connectivity index (χ1) is 9.91. The summed E-state index contributed by atoms with van der Waals surface area (Å²) in [5, 5.41) is 3.91. The largest absolute Gasteiger partial charge is 0.496 e. The Labute approximate surface area is 123 Å². The van der Waals surface area contributed by atoms with Gasteiger partial charge in [-0.05, 0) is 24.3 Å². The number of hydrogen-bond donors (Lipinski definition) is 1. The lowest BCUT2D eigenvalue weighted by Crippen LogP contribution is -2.24. The minimum absolute atomic E-state index is 0.124. The van der Waals surface area contributed by atoms with Crippen LogP contribution in [0.1, 0.15) is 18.4 Å². The molecule has 1 aromatic carbocycles. The molecule has 1 N–H and O–H groups in total. The normalized spacial score (nSPS) is 15.7. The van der Waals surface area contributed by atoms with Gasteiger partial charge in [-0.1, -0.05) is 6.07 Å². The summed E-state index contributed by atoms with van der Waals surface area (Å²) in [6.45, 7) is 0. The monoisotopic (exact) mass is 308 g/mol. The van der Waals surface area contributed by atoms with Gasteiger partial charge in [0.05, 0.1) is 17.7 Å². The molecule has 0 bridgehead atoms.